The van der Waals surface area contributed by atoms with Crippen LogP contribution in [-0.2, 0) is 19.4 Å². The molecule has 0 amide bonds. The summed E-state index contributed by atoms with van der Waals surface area (Å²) in [6.45, 7) is 1.42. The molecule has 0 fully saturated rings. The number of nitrogens with zero attached hydrogens (tertiary/aromatic N) is 4. The third-order valence-electron chi connectivity index (χ3n) is 5.97. The molecule has 6 nitrogen and oxygen atoms in total. The van der Waals surface area contributed by atoms with Crippen LogP contribution in [0, 0.1) is 0 Å². The van der Waals surface area contributed by atoms with Gasteiger partial charge in [-0.3, -0.25) is 19.9 Å². The van der Waals surface area contributed by atoms with Gasteiger partial charge in [-0.15, -0.1) is 0 Å². The van der Waals surface area contributed by atoms with Crippen LogP contribution in [0.3, 0.4) is 0 Å². The van der Waals surface area contributed by atoms with Crippen LogP contribution >= 0.6 is 0 Å². The number of aliphatic imine (C=N–C) groups is 1. The van der Waals surface area contributed by atoms with E-state index in [4.69, 9.17) is 21.4 Å². The van der Waals surface area contributed by atoms with Crippen molar-refractivity contribution in [2.45, 2.75) is 44.7 Å². The van der Waals surface area contributed by atoms with E-state index in [0.29, 0.717) is 12.6 Å². The van der Waals surface area contributed by atoms with E-state index in [-0.39, 0.29) is 5.96 Å². The first-order chi connectivity index (χ1) is 14.6. The van der Waals surface area contributed by atoms with Crippen LogP contribution in [0.2, 0.25) is 0 Å². The minimum atomic E-state index is 0.148. The summed E-state index contributed by atoms with van der Waals surface area (Å²) in [4.78, 5) is 16.1. The number of benzene rings is 1. The van der Waals surface area contributed by atoms with E-state index >= 15 is 0 Å². The molecule has 2 heterocycles. The van der Waals surface area contributed by atoms with Gasteiger partial charge in [0, 0.05) is 30.9 Å². The van der Waals surface area contributed by atoms with Crippen molar-refractivity contribution in [3.63, 3.8) is 0 Å². The van der Waals surface area contributed by atoms with Crippen molar-refractivity contribution in [1.82, 2.24) is 14.9 Å². The summed E-state index contributed by atoms with van der Waals surface area (Å²) >= 11 is 0. The van der Waals surface area contributed by atoms with Crippen molar-refractivity contribution in [1.29, 1.82) is 0 Å². The number of guanidine groups is 1. The van der Waals surface area contributed by atoms with Crippen molar-refractivity contribution in [2.24, 2.45) is 16.5 Å². The molecule has 0 bridgehead atoms. The quantitative estimate of drug-likeness (QED) is 0.359. The van der Waals surface area contributed by atoms with E-state index in [1.54, 1.807) is 0 Å². The molecule has 156 valence electrons. The van der Waals surface area contributed by atoms with E-state index < -0.39 is 0 Å². The highest BCUT2D eigenvalue weighted by atomic mass is 15.1. The summed E-state index contributed by atoms with van der Waals surface area (Å²) in [5.74, 6) is 0.148. The zero-order chi connectivity index (χ0) is 20.9. The fourth-order valence-corrected chi connectivity index (χ4v) is 4.50. The Morgan fingerprint density at radius 2 is 2.03 bits per heavy atom. The van der Waals surface area contributed by atoms with Gasteiger partial charge in [-0.2, -0.15) is 0 Å². The molecule has 0 saturated heterocycles. The van der Waals surface area contributed by atoms with Crippen molar-refractivity contribution in [3.05, 3.63) is 71.3 Å². The molecular weight excluding hydrogens is 372 g/mol. The van der Waals surface area contributed by atoms with Gasteiger partial charge in [0.1, 0.15) is 0 Å². The summed E-state index contributed by atoms with van der Waals surface area (Å²) in [5.41, 5.74) is 16.0. The molecular formula is C24H30N6. The molecule has 1 aliphatic rings. The highest BCUT2D eigenvalue weighted by Crippen LogP contribution is 2.33. The number of fused-ring (bicyclic) bond motifs is 2. The van der Waals surface area contributed by atoms with Crippen molar-refractivity contribution < 1.29 is 0 Å². The average molecular weight is 403 g/mol. The smallest absolute Gasteiger partial charge is 0.185 e. The molecule has 0 radical (unpaired) electrons. The van der Waals surface area contributed by atoms with Crippen LogP contribution in [-0.4, -0.2) is 34.4 Å². The molecule has 1 aromatic carbocycles. The van der Waals surface area contributed by atoms with Gasteiger partial charge in [0.05, 0.1) is 17.4 Å². The van der Waals surface area contributed by atoms with Crippen LogP contribution in [0.5, 0.6) is 0 Å². The second kappa shape index (κ2) is 9.22. The van der Waals surface area contributed by atoms with E-state index in [0.717, 1.165) is 37.9 Å². The highest BCUT2D eigenvalue weighted by molar-refractivity contribution is 5.85. The maximum atomic E-state index is 5.48. The summed E-state index contributed by atoms with van der Waals surface area (Å²) in [7, 11) is 2.19. The number of aromatic nitrogens is 2. The van der Waals surface area contributed by atoms with Crippen LogP contribution < -0.4 is 11.5 Å². The normalized spacial score (nSPS) is 15.9. The Hall–Kier alpha value is -2.99. The number of aryl methyl sites for hydroxylation is 2. The fourth-order valence-electron chi connectivity index (χ4n) is 4.50. The predicted octanol–water partition coefficient (Wildman–Crippen LogP) is 3.35. The van der Waals surface area contributed by atoms with Crippen molar-refractivity contribution >= 4 is 16.7 Å². The lowest BCUT2D eigenvalue weighted by Gasteiger charge is -2.32. The van der Waals surface area contributed by atoms with Crippen LogP contribution in [0.1, 0.15) is 47.8 Å². The Morgan fingerprint density at radius 1 is 1.17 bits per heavy atom. The third-order valence-corrected chi connectivity index (χ3v) is 5.97. The highest BCUT2D eigenvalue weighted by Gasteiger charge is 2.25. The third kappa shape index (κ3) is 4.44. The second-order valence-corrected chi connectivity index (χ2v) is 8.05. The summed E-state index contributed by atoms with van der Waals surface area (Å²) in [6.07, 6.45) is 9.14. The monoisotopic (exact) mass is 402 g/mol. The van der Waals surface area contributed by atoms with Crippen molar-refractivity contribution in [2.75, 3.05) is 13.6 Å². The van der Waals surface area contributed by atoms with E-state index in [9.17, 15) is 0 Å². The molecule has 1 aliphatic carbocycles. The lowest BCUT2D eigenvalue weighted by Crippen LogP contribution is -2.29. The van der Waals surface area contributed by atoms with Gasteiger partial charge in [0.2, 0.25) is 0 Å². The largest absolute Gasteiger partial charge is 0.370 e. The van der Waals surface area contributed by atoms with Crippen LogP contribution in [0.15, 0.2) is 53.8 Å². The fraction of sp³-hybridized carbons (Fsp3) is 0.375. The summed E-state index contributed by atoms with van der Waals surface area (Å²) in [6, 6.07) is 13.1. The second-order valence-electron chi connectivity index (χ2n) is 8.05. The van der Waals surface area contributed by atoms with E-state index in [1.807, 2.05) is 18.5 Å². The number of nitrogens with two attached hydrogens (primary N) is 2. The molecule has 2 aromatic heterocycles. The lowest BCUT2D eigenvalue weighted by molar-refractivity contribution is 0.206. The average Bonchev–Trinajstić information content (AvgIpc) is 2.77. The van der Waals surface area contributed by atoms with Gasteiger partial charge in [-0.25, -0.2) is 0 Å². The van der Waals surface area contributed by atoms with Gasteiger partial charge < -0.3 is 11.5 Å². The molecule has 0 saturated carbocycles. The Balaban J connectivity index is 1.60. The van der Waals surface area contributed by atoms with Crippen LogP contribution in [0.4, 0.5) is 0 Å². The summed E-state index contributed by atoms with van der Waals surface area (Å²) < 4.78 is 0. The van der Waals surface area contributed by atoms with Crippen LogP contribution in [0.25, 0.3) is 10.8 Å². The Labute approximate surface area is 178 Å². The standard InChI is InChI=1S/C24H30N6/c1-30(22-12-4-8-17-9-5-13-27-23(17)22)16-21-20(11-6-14-28-24(25)26)19-10-3-2-7-18(19)15-29-21/h2-3,5,7,9-10,13,15,22H,4,6,8,11-12,14,16H2,1H3,(H4,25,26,28)/t22-/m0/s1. The molecule has 1 atom stereocenters. The lowest BCUT2D eigenvalue weighted by atomic mass is 9.90. The minimum absolute atomic E-state index is 0.148. The topological polar surface area (TPSA) is 93.4 Å². The van der Waals surface area contributed by atoms with E-state index in [1.165, 1.54) is 34.0 Å². The van der Waals surface area contributed by atoms with Gasteiger partial charge in [-0.1, -0.05) is 30.3 Å². The molecule has 0 unspecified atom stereocenters. The first-order valence-electron chi connectivity index (χ1n) is 10.7. The Bertz CT molecular complexity index is 1040. The molecule has 0 spiro atoms. The molecule has 6 heteroatoms. The molecule has 30 heavy (non-hydrogen) atoms. The maximum absolute atomic E-state index is 5.48. The Morgan fingerprint density at radius 3 is 2.90 bits per heavy atom. The predicted molar refractivity (Wildman–Crippen MR) is 122 cm³/mol. The zero-order valence-corrected chi connectivity index (χ0v) is 17.6. The Kier molecular flexibility index (Phi) is 6.23. The van der Waals surface area contributed by atoms with E-state index in [2.05, 4.69) is 47.3 Å². The van der Waals surface area contributed by atoms with Gasteiger partial charge in [0.15, 0.2) is 5.96 Å². The SMILES string of the molecule is CN(Cc1ncc2ccccc2c1CCCN=C(N)N)[C@H]1CCCc2cccnc21. The van der Waals surface area contributed by atoms with Gasteiger partial charge in [0.25, 0.3) is 0 Å². The van der Waals surface area contributed by atoms with Gasteiger partial charge in [-0.05, 0) is 61.7 Å². The maximum Gasteiger partial charge on any atom is 0.185 e. The first kappa shape index (κ1) is 20.3. The molecule has 3 aromatic rings. The number of hydrogen-bond donors (Lipinski definition) is 2. The summed E-state index contributed by atoms with van der Waals surface area (Å²) in [5, 5.41) is 2.44. The number of pyridine rings is 2. The number of rotatable bonds is 7. The van der Waals surface area contributed by atoms with Gasteiger partial charge >= 0.3 is 0 Å². The molecule has 4 N–H and O–H groups in total. The molecule has 0 aliphatic heterocycles. The van der Waals surface area contributed by atoms with Crippen molar-refractivity contribution in [3.8, 4) is 0 Å². The minimum Gasteiger partial charge on any atom is -0.370 e. The number of hydrogen-bond acceptors (Lipinski definition) is 4. The molecule has 4 rings (SSSR count). The first-order valence-corrected chi connectivity index (χ1v) is 10.7. The zero-order valence-electron chi connectivity index (χ0n) is 17.6.